The van der Waals surface area contributed by atoms with Gasteiger partial charge in [0.05, 0.1) is 16.6 Å². The van der Waals surface area contributed by atoms with Gasteiger partial charge in [-0.25, -0.2) is 4.79 Å². The molecule has 6 rings (SSSR count). The maximum Gasteiger partial charge on any atom is 0.335 e. The van der Waals surface area contributed by atoms with Gasteiger partial charge < -0.3 is 14.8 Å². The monoisotopic (exact) mass is 530 g/mol. The molecule has 6 aromatic rings. The predicted molar refractivity (Wildman–Crippen MR) is 157 cm³/mol. The second-order valence-corrected chi connectivity index (χ2v) is 10.5. The number of nitrogens with one attached hydrogen (secondary N) is 1. The van der Waals surface area contributed by atoms with Crippen molar-refractivity contribution in [3.8, 4) is 11.1 Å². The second-order valence-electron chi connectivity index (χ2n) is 9.74. The number of fused-ring (bicyclic) bond motifs is 2. The maximum atomic E-state index is 13.7. The number of amides is 1. The van der Waals surface area contributed by atoms with Crippen molar-refractivity contribution in [1.29, 1.82) is 0 Å². The van der Waals surface area contributed by atoms with Gasteiger partial charge in [0, 0.05) is 18.9 Å². The lowest BCUT2D eigenvalue weighted by Gasteiger charge is -2.13. The summed E-state index contributed by atoms with van der Waals surface area (Å²) in [5.74, 6) is -1.13. The zero-order chi connectivity index (χ0) is 26.9. The van der Waals surface area contributed by atoms with Crippen LogP contribution in [0.3, 0.4) is 0 Å². The number of carboxylic acid groups (broad SMARTS) is 1. The smallest absolute Gasteiger partial charge is 0.335 e. The Kier molecular flexibility index (Phi) is 6.47. The summed E-state index contributed by atoms with van der Waals surface area (Å²) in [7, 11) is 0. The lowest BCUT2D eigenvalue weighted by molar-refractivity contribution is 0.0696. The van der Waals surface area contributed by atoms with Crippen molar-refractivity contribution < 1.29 is 14.7 Å². The van der Waals surface area contributed by atoms with Crippen molar-refractivity contribution in [2.24, 2.45) is 0 Å². The highest BCUT2D eigenvalue weighted by Crippen LogP contribution is 2.29. The molecular formula is C33H26N2O3S. The Morgan fingerprint density at radius 3 is 2.51 bits per heavy atom. The van der Waals surface area contributed by atoms with Crippen molar-refractivity contribution in [1.82, 2.24) is 9.72 Å². The van der Waals surface area contributed by atoms with E-state index in [1.807, 2.05) is 41.1 Å². The van der Waals surface area contributed by atoms with Gasteiger partial charge in [-0.3, -0.25) is 4.79 Å². The Hall–Kier alpha value is -4.68. The molecule has 0 atom stereocenters. The molecule has 2 N–H and O–H groups in total. The number of benzene rings is 3. The van der Waals surface area contributed by atoms with Gasteiger partial charge >= 0.3 is 5.97 Å². The highest BCUT2D eigenvalue weighted by Gasteiger charge is 2.18. The van der Waals surface area contributed by atoms with Crippen LogP contribution in [0.1, 0.15) is 43.0 Å². The highest BCUT2D eigenvalue weighted by molar-refractivity contribution is 7.08. The Balaban J connectivity index is 1.36. The SMILES string of the molecule is Cc1cc(C(=O)O)ccc1CNC(=O)c1cc(-c2ccsc2)cn2ccc(Cc3ccc4ccccc4c3)c12. The molecule has 1 amide bonds. The fraction of sp³-hybridized carbons (Fsp3) is 0.0909. The maximum absolute atomic E-state index is 13.7. The van der Waals surface area contributed by atoms with Crippen LogP contribution in [0.2, 0.25) is 0 Å². The van der Waals surface area contributed by atoms with Gasteiger partial charge in [0.25, 0.3) is 5.91 Å². The van der Waals surface area contributed by atoms with Crippen molar-refractivity contribution in [3.63, 3.8) is 0 Å². The lowest BCUT2D eigenvalue weighted by atomic mass is 9.99. The number of hydrogen-bond acceptors (Lipinski definition) is 3. The molecule has 0 aliphatic rings. The Labute approximate surface area is 230 Å². The Morgan fingerprint density at radius 2 is 1.74 bits per heavy atom. The first kappa shape index (κ1) is 24.6. The van der Waals surface area contributed by atoms with Crippen LogP contribution in [0.25, 0.3) is 27.4 Å². The first-order chi connectivity index (χ1) is 19.0. The number of aryl methyl sites for hydroxylation is 1. The molecule has 192 valence electrons. The normalized spacial score (nSPS) is 11.2. The van der Waals surface area contributed by atoms with Crippen molar-refractivity contribution in [2.75, 3.05) is 0 Å². The van der Waals surface area contributed by atoms with Gasteiger partial charge in [0.1, 0.15) is 0 Å². The number of aromatic carboxylic acids is 1. The van der Waals surface area contributed by atoms with Gasteiger partial charge in [0.15, 0.2) is 0 Å². The first-order valence-corrected chi connectivity index (χ1v) is 13.7. The molecule has 0 spiro atoms. The summed E-state index contributed by atoms with van der Waals surface area (Å²) in [6.45, 7) is 2.16. The Morgan fingerprint density at radius 1 is 0.897 bits per heavy atom. The molecule has 0 aliphatic carbocycles. The summed E-state index contributed by atoms with van der Waals surface area (Å²) in [6, 6.07) is 25.9. The molecular weight excluding hydrogens is 504 g/mol. The summed E-state index contributed by atoms with van der Waals surface area (Å²) in [5.41, 5.74) is 7.75. The number of carboxylic acids is 1. The van der Waals surface area contributed by atoms with E-state index in [4.69, 9.17) is 0 Å². The van der Waals surface area contributed by atoms with Crippen LogP contribution >= 0.6 is 11.3 Å². The van der Waals surface area contributed by atoms with Crippen LogP contribution < -0.4 is 5.32 Å². The third-order valence-electron chi connectivity index (χ3n) is 7.17. The van der Waals surface area contributed by atoms with E-state index in [0.717, 1.165) is 33.3 Å². The number of pyridine rings is 1. The largest absolute Gasteiger partial charge is 0.478 e. The summed E-state index contributed by atoms with van der Waals surface area (Å²) in [4.78, 5) is 25.0. The van der Waals surface area contributed by atoms with E-state index in [9.17, 15) is 14.7 Å². The summed E-state index contributed by atoms with van der Waals surface area (Å²) < 4.78 is 2.05. The van der Waals surface area contributed by atoms with E-state index < -0.39 is 5.97 Å². The minimum absolute atomic E-state index is 0.169. The molecule has 0 unspecified atom stereocenters. The average molecular weight is 531 g/mol. The lowest BCUT2D eigenvalue weighted by Crippen LogP contribution is -2.24. The van der Waals surface area contributed by atoms with Gasteiger partial charge in [0.2, 0.25) is 0 Å². The van der Waals surface area contributed by atoms with Crippen molar-refractivity contribution in [2.45, 2.75) is 19.9 Å². The molecule has 39 heavy (non-hydrogen) atoms. The van der Waals surface area contributed by atoms with E-state index in [2.05, 4.69) is 59.4 Å². The second kappa shape index (κ2) is 10.2. The standard InChI is InChI=1S/C33H26N2O3S/c1-21-14-26(33(37)38)8-9-27(21)18-34-32(36)30-17-29(28-11-13-39-20-28)19-35-12-10-25(31(30)35)16-22-6-7-23-4-2-3-5-24(23)15-22/h2-15,17,19-20H,16,18H2,1H3,(H,34,36)(H,37,38). The number of rotatable bonds is 7. The molecule has 3 aromatic carbocycles. The van der Waals surface area contributed by atoms with Gasteiger partial charge in [-0.1, -0.05) is 48.5 Å². The summed E-state index contributed by atoms with van der Waals surface area (Å²) in [6.07, 6.45) is 4.80. The minimum Gasteiger partial charge on any atom is -0.478 e. The minimum atomic E-state index is -0.964. The van der Waals surface area contributed by atoms with Crippen LogP contribution in [-0.2, 0) is 13.0 Å². The van der Waals surface area contributed by atoms with Crippen LogP contribution in [-0.4, -0.2) is 21.4 Å². The molecule has 5 nitrogen and oxygen atoms in total. The molecule has 3 aromatic heterocycles. The van der Waals surface area contributed by atoms with E-state index >= 15 is 0 Å². The van der Waals surface area contributed by atoms with Gasteiger partial charge in [-0.05, 0) is 98.6 Å². The fourth-order valence-corrected chi connectivity index (χ4v) is 5.75. The van der Waals surface area contributed by atoms with Crippen LogP contribution in [0, 0.1) is 6.92 Å². The zero-order valence-corrected chi connectivity index (χ0v) is 22.2. The predicted octanol–water partition coefficient (Wildman–Crippen LogP) is 7.35. The summed E-state index contributed by atoms with van der Waals surface area (Å²) >= 11 is 1.62. The highest BCUT2D eigenvalue weighted by atomic mass is 32.1. The van der Waals surface area contributed by atoms with E-state index in [1.165, 1.54) is 16.3 Å². The van der Waals surface area contributed by atoms with E-state index in [-0.39, 0.29) is 11.5 Å². The van der Waals surface area contributed by atoms with Crippen molar-refractivity contribution >= 4 is 39.5 Å². The molecule has 0 aliphatic heterocycles. The van der Waals surface area contributed by atoms with Crippen LogP contribution in [0.5, 0.6) is 0 Å². The third-order valence-corrected chi connectivity index (χ3v) is 7.85. The number of hydrogen-bond donors (Lipinski definition) is 2. The molecule has 0 fully saturated rings. The zero-order valence-electron chi connectivity index (χ0n) is 21.3. The third kappa shape index (κ3) is 4.94. The Bertz CT molecular complexity index is 1850. The molecule has 6 heteroatoms. The van der Waals surface area contributed by atoms with Crippen LogP contribution in [0.4, 0.5) is 0 Å². The number of nitrogens with zero attached hydrogens (tertiary/aromatic N) is 1. The molecule has 0 saturated heterocycles. The number of aromatic nitrogens is 1. The quantitative estimate of drug-likeness (QED) is 0.227. The number of carbonyl (C=O) groups excluding carboxylic acids is 1. The molecule has 0 saturated carbocycles. The molecule has 3 heterocycles. The topological polar surface area (TPSA) is 70.8 Å². The average Bonchev–Trinajstić information content (AvgIpc) is 3.62. The van der Waals surface area contributed by atoms with E-state index in [0.29, 0.717) is 18.5 Å². The first-order valence-electron chi connectivity index (χ1n) is 12.7. The fourth-order valence-electron chi connectivity index (χ4n) is 5.09. The summed E-state index contributed by atoms with van der Waals surface area (Å²) in [5, 5.41) is 18.9. The number of thiophene rings is 1. The van der Waals surface area contributed by atoms with Gasteiger partial charge in [-0.2, -0.15) is 11.3 Å². The van der Waals surface area contributed by atoms with Crippen LogP contribution in [0.15, 0.2) is 102 Å². The molecule has 0 radical (unpaired) electrons. The number of carbonyl (C=O) groups is 2. The van der Waals surface area contributed by atoms with E-state index in [1.54, 1.807) is 29.5 Å². The van der Waals surface area contributed by atoms with Gasteiger partial charge in [-0.15, -0.1) is 0 Å². The van der Waals surface area contributed by atoms with Crippen molar-refractivity contribution in [3.05, 3.63) is 135 Å². The molecule has 0 bridgehead atoms.